The van der Waals surface area contributed by atoms with E-state index in [9.17, 15) is 4.39 Å². The first kappa shape index (κ1) is 12.3. The summed E-state index contributed by atoms with van der Waals surface area (Å²) in [5.74, 6) is 0.849. The molecular formula is C13H13FN6. The van der Waals surface area contributed by atoms with Crippen LogP contribution in [0.15, 0.2) is 30.6 Å². The minimum Gasteiger partial charge on any atom is -0.364 e. The van der Waals surface area contributed by atoms with Gasteiger partial charge in [-0.25, -0.2) is 9.37 Å². The molecule has 0 bridgehead atoms. The van der Waals surface area contributed by atoms with E-state index in [1.54, 1.807) is 19.4 Å². The molecule has 6 nitrogen and oxygen atoms in total. The van der Waals surface area contributed by atoms with Gasteiger partial charge >= 0.3 is 0 Å². The molecule has 0 atom stereocenters. The van der Waals surface area contributed by atoms with Gasteiger partial charge in [-0.1, -0.05) is 12.1 Å². The number of halogens is 1. The van der Waals surface area contributed by atoms with Crippen LogP contribution in [0.3, 0.4) is 0 Å². The van der Waals surface area contributed by atoms with Gasteiger partial charge in [-0.2, -0.15) is 9.97 Å². The van der Waals surface area contributed by atoms with E-state index >= 15 is 0 Å². The molecule has 0 aliphatic carbocycles. The number of fused-ring (bicyclic) bond motifs is 1. The zero-order valence-electron chi connectivity index (χ0n) is 10.8. The van der Waals surface area contributed by atoms with E-state index in [0.29, 0.717) is 24.0 Å². The molecule has 1 aromatic carbocycles. The molecule has 2 aromatic heterocycles. The number of hydrogen-bond donors (Lipinski definition) is 3. The number of nitrogens with one attached hydrogen (secondary N) is 3. The predicted molar refractivity (Wildman–Crippen MR) is 75.0 cm³/mol. The third-order valence-electron chi connectivity index (χ3n) is 2.86. The van der Waals surface area contributed by atoms with E-state index in [1.807, 2.05) is 6.07 Å². The third kappa shape index (κ3) is 2.37. The van der Waals surface area contributed by atoms with Crippen molar-refractivity contribution >= 4 is 22.9 Å². The molecule has 0 saturated heterocycles. The minimum atomic E-state index is -0.255. The first-order valence-electron chi connectivity index (χ1n) is 6.13. The number of H-pyrrole nitrogens is 1. The molecular weight excluding hydrogens is 259 g/mol. The lowest BCUT2D eigenvalue weighted by molar-refractivity contribution is 0.626. The number of benzene rings is 1. The monoisotopic (exact) mass is 272 g/mol. The van der Waals surface area contributed by atoms with E-state index in [0.717, 1.165) is 11.1 Å². The molecule has 2 heterocycles. The fourth-order valence-electron chi connectivity index (χ4n) is 1.91. The van der Waals surface area contributed by atoms with Gasteiger partial charge in [0.25, 0.3) is 0 Å². The fraction of sp³-hybridized carbons (Fsp3) is 0.154. The average molecular weight is 272 g/mol. The third-order valence-corrected chi connectivity index (χ3v) is 2.86. The second kappa shape index (κ2) is 5.12. The van der Waals surface area contributed by atoms with Crippen molar-refractivity contribution in [2.75, 3.05) is 17.7 Å². The molecule has 0 aliphatic heterocycles. The largest absolute Gasteiger partial charge is 0.364 e. The Morgan fingerprint density at radius 2 is 2.20 bits per heavy atom. The van der Waals surface area contributed by atoms with Crippen molar-refractivity contribution in [3.05, 3.63) is 42.0 Å². The highest BCUT2D eigenvalue weighted by Crippen LogP contribution is 2.19. The van der Waals surface area contributed by atoms with Crippen LogP contribution in [0.5, 0.6) is 0 Å². The summed E-state index contributed by atoms with van der Waals surface area (Å²) in [7, 11) is 1.74. The molecule has 3 rings (SSSR count). The van der Waals surface area contributed by atoms with Gasteiger partial charge in [0.1, 0.15) is 11.3 Å². The van der Waals surface area contributed by atoms with Gasteiger partial charge < -0.3 is 15.6 Å². The summed E-state index contributed by atoms with van der Waals surface area (Å²) >= 11 is 0. The summed E-state index contributed by atoms with van der Waals surface area (Å²) < 4.78 is 13.1. The second-order valence-corrected chi connectivity index (χ2v) is 4.23. The molecule has 7 heteroatoms. The van der Waals surface area contributed by atoms with Crippen LogP contribution in [0.1, 0.15) is 5.56 Å². The van der Waals surface area contributed by atoms with Gasteiger partial charge in [0.2, 0.25) is 5.95 Å². The molecule has 3 N–H and O–H groups in total. The van der Waals surface area contributed by atoms with Gasteiger partial charge in [-0.3, -0.25) is 0 Å². The molecule has 0 unspecified atom stereocenters. The lowest BCUT2D eigenvalue weighted by Crippen LogP contribution is -2.05. The number of hydrogen-bond acceptors (Lipinski definition) is 5. The van der Waals surface area contributed by atoms with Crippen LogP contribution in [0, 0.1) is 5.82 Å². The van der Waals surface area contributed by atoms with Crippen molar-refractivity contribution in [1.29, 1.82) is 0 Å². The number of anilines is 2. The zero-order valence-corrected chi connectivity index (χ0v) is 10.8. The van der Waals surface area contributed by atoms with Crippen molar-refractivity contribution in [2.24, 2.45) is 0 Å². The Balaban J connectivity index is 1.88. The van der Waals surface area contributed by atoms with Crippen molar-refractivity contribution < 1.29 is 4.39 Å². The van der Waals surface area contributed by atoms with Gasteiger partial charge in [0.15, 0.2) is 11.5 Å². The Bertz CT molecular complexity index is 739. The zero-order chi connectivity index (χ0) is 13.9. The summed E-state index contributed by atoms with van der Waals surface area (Å²) in [6.45, 7) is 0.464. The highest BCUT2D eigenvalue weighted by molar-refractivity contribution is 5.83. The Labute approximate surface area is 114 Å². The summed E-state index contributed by atoms with van der Waals surface area (Å²) in [5, 5.41) is 6.04. The maximum Gasteiger partial charge on any atom is 0.226 e. The standard InChI is InChI=1S/C13H13FN6/c1-15-13-19-11(10-12(20-13)18-7-17-10)16-6-8-3-2-4-9(14)5-8/h2-5,7H,6H2,1H3,(H3,15,16,17,18,19,20). The van der Waals surface area contributed by atoms with Crippen molar-refractivity contribution in [3.63, 3.8) is 0 Å². The molecule has 0 saturated carbocycles. The first-order chi connectivity index (χ1) is 9.76. The molecule has 3 aromatic rings. The number of nitrogens with zero attached hydrogens (tertiary/aromatic N) is 3. The van der Waals surface area contributed by atoms with Crippen LogP contribution < -0.4 is 10.6 Å². The number of aromatic nitrogens is 4. The Kier molecular flexibility index (Phi) is 3.16. The van der Waals surface area contributed by atoms with Gasteiger partial charge in [0.05, 0.1) is 6.33 Å². The Morgan fingerprint density at radius 1 is 1.30 bits per heavy atom. The van der Waals surface area contributed by atoms with Crippen LogP contribution in [0.25, 0.3) is 11.2 Å². The van der Waals surface area contributed by atoms with Gasteiger partial charge in [0, 0.05) is 13.6 Å². The van der Waals surface area contributed by atoms with E-state index < -0.39 is 0 Å². The summed E-state index contributed by atoms with van der Waals surface area (Å²) in [6, 6.07) is 6.43. The summed E-state index contributed by atoms with van der Waals surface area (Å²) in [5.41, 5.74) is 2.13. The smallest absolute Gasteiger partial charge is 0.226 e. The number of rotatable bonds is 4. The van der Waals surface area contributed by atoms with Gasteiger partial charge in [-0.05, 0) is 17.7 Å². The Hall–Kier alpha value is -2.70. The number of imidazole rings is 1. The highest BCUT2D eigenvalue weighted by atomic mass is 19.1. The first-order valence-corrected chi connectivity index (χ1v) is 6.13. The lowest BCUT2D eigenvalue weighted by atomic mass is 10.2. The maximum absolute atomic E-state index is 13.1. The minimum absolute atomic E-state index is 0.255. The van der Waals surface area contributed by atoms with Crippen LogP contribution in [-0.4, -0.2) is 27.0 Å². The van der Waals surface area contributed by atoms with Crippen LogP contribution in [-0.2, 0) is 6.54 Å². The maximum atomic E-state index is 13.1. The van der Waals surface area contributed by atoms with E-state index in [-0.39, 0.29) is 5.82 Å². The van der Waals surface area contributed by atoms with Crippen LogP contribution in [0.4, 0.5) is 16.2 Å². The van der Waals surface area contributed by atoms with E-state index in [2.05, 4.69) is 30.6 Å². The number of aromatic amines is 1. The molecule has 0 aliphatic rings. The topological polar surface area (TPSA) is 78.5 Å². The Morgan fingerprint density at radius 3 is 3.00 bits per heavy atom. The van der Waals surface area contributed by atoms with E-state index in [4.69, 9.17) is 0 Å². The van der Waals surface area contributed by atoms with Crippen molar-refractivity contribution in [1.82, 2.24) is 19.9 Å². The summed E-state index contributed by atoms with van der Waals surface area (Å²) in [6.07, 6.45) is 1.56. The fourth-order valence-corrected chi connectivity index (χ4v) is 1.91. The van der Waals surface area contributed by atoms with Crippen LogP contribution >= 0.6 is 0 Å². The van der Waals surface area contributed by atoms with Crippen molar-refractivity contribution in [2.45, 2.75) is 6.54 Å². The summed E-state index contributed by atoms with van der Waals surface area (Å²) in [4.78, 5) is 15.6. The quantitative estimate of drug-likeness (QED) is 0.678. The molecule has 102 valence electrons. The SMILES string of the molecule is CNc1nc(NCc2cccc(F)c2)c2[nH]cnc2n1. The molecule has 0 spiro atoms. The van der Waals surface area contributed by atoms with Crippen LogP contribution in [0.2, 0.25) is 0 Å². The molecule has 0 radical (unpaired) electrons. The molecule has 20 heavy (non-hydrogen) atoms. The normalized spacial score (nSPS) is 10.7. The van der Waals surface area contributed by atoms with E-state index in [1.165, 1.54) is 12.1 Å². The van der Waals surface area contributed by atoms with Gasteiger partial charge in [-0.15, -0.1) is 0 Å². The lowest BCUT2D eigenvalue weighted by Gasteiger charge is -2.08. The predicted octanol–water partition coefficient (Wildman–Crippen LogP) is 2.15. The second-order valence-electron chi connectivity index (χ2n) is 4.23. The molecule has 0 fully saturated rings. The molecule has 0 amide bonds. The average Bonchev–Trinajstić information content (AvgIpc) is 2.93. The highest BCUT2D eigenvalue weighted by Gasteiger charge is 2.09. The van der Waals surface area contributed by atoms with Crippen molar-refractivity contribution in [3.8, 4) is 0 Å².